The van der Waals surface area contributed by atoms with E-state index in [1.54, 1.807) is 11.3 Å². The maximum atomic E-state index is 4.56. The molecule has 0 bridgehead atoms. The van der Waals surface area contributed by atoms with Crippen LogP contribution in [0.4, 0.5) is 11.5 Å². The van der Waals surface area contributed by atoms with E-state index in [0.29, 0.717) is 0 Å². The van der Waals surface area contributed by atoms with Gasteiger partial charge in [0.25, 0.3) is 0 Å². The standard InChI is InChI=1S/C18H21N5S/c1-22-6-8-23(9-7-22)15-3-5-18(20-12-15)19-11-14-2-4-17-16(10-14)21-13-24-17/h2-5,10,12-13H,6-9,11H2,1H3,(H,19,20). The van der Waals surface area contributed by atoms with Gasteiger partial charge in [-0.3, -0.25) is 0 Å². The van der Waals surface area contributed by atoms with Crippen molar-refractivity contribution in [2.45, 2.75) is 6.54 Å². The molecule has 5 nitrogen and oxygen atoms in total. The number of fused-ring (bicyclic) bond motifs is 1. The topological polar surface area (TPSA) is 44.3 Å². The van der Waals surface area contributed by atoms with Crippen molar-refractivity contribution in [2.75, 3.05) is 43.4 Å². The first-order valence-corrected chi connectivity index (χ1v) is 9.11. The number of pyridine rings is 1. The van der Waals surface area contributed by atoms with Crippen LogP contribution in [0.1, 0.15) is 5.56 Å². The van der Waals surface area contributed by atoms with Gasteiger partial charge in [0.1, 0.15) is 5.82 Å². The van der Waals surface area contributed by atoms with Gasteiger partial charge in [-0.05, 0) is 36.9 Å². The Hall–Kier alpha value is -2.18. The molecule has 0 amide bonds. The summed E-state index contributed by atoms with van der Waals surface area (Å²) in [5.41, 5.74) is 5.38. The fourth-order valence-corrected chi connectivity index (χ4v) is 3.61. The highest BCUT2D eigenvalue weighted by molar-refractivity contribution is 7.16. The summed E-state index contributed by atoms with van der Waals surface area (Å²) in [5, 5.41) is 3.39. The van der Waals surface area contributed by atoms with Crippen molar-refractivity contribution in [2.24, 2.45) is 0 Å². The van der Waals surface area contributed by atoms with Crippen molar-refractivity contribution in [3.63, 3.8) is 0 Å². The van der Waals surface area contributed by atoms with Crippen LogP contribution in [0.3, 0.4) is 0 Å². The maximum absolute atomic E-state index is 4.56. The van der Waals surface area contributed by atoms with Gasteiger partial charge in [-0.25, -0.2) is 9.97 Å². The molecule has 0 saturated carbocycles. The Morgan fingerprint density at radius 1 is 1.08 bits per heavy atom. The van der Waals surface area contributed by atoms with Gasteiger partial charge in [-0.2, -0.15) is 0 Å². The van der Waals surface area contributed by atoms with Crippen LogP contribution in [0.25, 0.3) is 10.2 Å². The third-order valence-electron chi connectivity index (χ3n) is 4.48. The average Bonchev–Trinajstić information content (AvgIpc) is 3.09. The number of hydrogen-bond acceptors (Lipinski definition) is 6. The number of nitrogens with one attached hydrogen (secondary N) is 1. The molecule has 2 aromatic heterocycles. The van der Waals surface area contributed by atoms with Gasteiger partial charge in [0.2, 0.25) is 0 Å². The Morgan fingerprint density at radius 3 is 2.75 bits per heavy atom. The highest BCUT2D eigenvalue weighted by Gasteiger charge is 2.14. The van der Waals surface area contributed by atoms with E-state index in [4.69, 9.17) is 0 Å². The molecule has 1 fully saturated rings. The second-order valence-corrected chi connectivity index (χ2v) is 7.09. The number of nitrogens with zero attached hydrogens (tertiary/aromatic N) is 4. The SMILES string of the molecule is CN1CCN(c2ccc(NCc3ccc4scnc4c3)nc2)CC1. The Kier molecular flexibility index (Phi) is 4.32. The summed E-state index contributed by atoms with van der Waals surface area (Å²) in [6.45, 7) is 5.11. The van der Waals surface area contributed by atoms with E-state index in [1.807, 2.05) is 11.7 Å². The molecule has 0 radical (unpaired) electrons. The lowest BCUT2D eigenvalue weighted by Gasteiger charge is -2.33. The van der Waals surface area contributed by atoms with Crippen LogP contribution in [0, 0.1) is 0 Å². The predicted octanol–water partition coefficient (Wildman–Crippen LogP) is 3.06. The zero-order valence-electron chi connectivity index (χ0n) is 13.8. The fraction of sp³-hybridized carbons (Fsp3) is 0.333. The molecule has 124 valence electrons. The number of likely N-dealkylation sites (N-methyl/N-ethyl adjacent to an activating group) is 1. The molecule has 0 atom stereocenters. The molecular formula is C18H21N5S. The largest absolute Gasteiger partial charge is 0.368 e. The molecule has 24 heavy (non-hydrogen) atoms. The zero-order valence-corrected chi connectivity index (χ0v) is 14.6. The van der Waals surface area contributed by atoms with E-state index in [0.717, 1.165) is 44.1 Å². The van der Waals surface area contributed by atoms with Crippen LogP contribution < -0.4 is 10.2 Å². The number of rotatable bonds is 4. The smallest absolute Gasteiger partial charge is 0.126 e. The van der Waals surface area contributed by atoms with Gasteiger partial charge in [0.05, 0.1) is 27.6 Å². The lowest BCUT2D eigenvalue weighted by atomic mass is 10.2. The molecule has 0 aliphatic carbocycles. The summed E-state index contributed by atoms with van der Waals surface area (Å²) < 4.78 is 1.23. The summed E-state index contributed by atoms with van der Waals surface area (Å²) in [4.78, 5) is 13.7. The van der Waals surface area contributed by atoms with Gasteiger partial charge in [-0.15, -0.1) is 11.3 Å². The molecule has 0 spiro atoms. The number of anilines is 2. The van der Waals surface area contributed by atoms with Gasteiger partial charge in [0, 0.05) is 32.7 Å². The summed E-state index contributed by atoms with van der Waals surface area (Å²) in [6, 6.07) is 10.6. The van der Waals surface area contributed by atoms with Gasteiger partial charge < -0.3 is 15.1 Å². The Bertz CT molecular complexity index is 806. The molecule has 3 heterocycles. The minimum absolute atomic E-state index is 0.758. The second-order valence-electron chi connectivity index (χ2n) is 6.20. The third-order valence-corrected chi connectivity index (χ3v) is 5.29. The van der Waals surface area contributed by atoms with Crippen LogP contribution >= 0.6 is 11.3 Å². The zero-order chi connectivity index (χ0) is 16.4. The number of thiazole rings is 1. The van der Waals surface area contributed by atoms with E-state index >= 15 is 0 Å². The molecule has 4 rings (SSSR count). The summed E-state index contributed by atoms with van der Waals surface area (Å²) in [6.07, 6.45) is 1.97. The summed E-state index contributed by atoms with van der Waals surface area (Å²) in [5.74, 6) is 0.909. The van der Waals surface area contributed by atoms with Crippen molar-refractivity contribution < 1.29 is 0 Å². The van der Waals surface area contributed by atoms with E-state index in [1.165, 1.54) is 16.0 Å². The van der Waals surface area contributed by atoms with Crippen LogP contribution in [0.15, 0.2) is 42.0 Å². The highest BCUT2D eigenvalue weighted by Crippen LogP contribution is 2.20. The van der Waals surface area contributed by atoms with Gasteiger partial charge in [-0.1, -0.05) is 6.07 Å². The van der Waals surface area contributed by atoms with E-state index in [9.17, 15) is 0 Å². The lowest BCUT2D eigenvalue weighted by Crippen LogP contribution is -2.44. The molecule has 1 aromatic carbocycles. The first kappa shape index (κ1) is 15.4. The van der Waals surface area contributed by atoms with E-state index in [-0.39, 0.29) is 0 Å². The van der Waals surface area contributed by atoms with Crippen LogP contribution in [0.2, 0.25) is 0 Å². The minimum Gasteiger partial charge on any atom is -0.368 e. The normalized spacial score (nSPS) is 15.8. The molecule has 1 aliphatic heterocycles. The van der Waals surface area contributed by atoms with Gasteiger partial charge in [0.15, 0.2) is 0 Å². The monoisotopic (exact) mass is 339 g/mol. The Balaban J connectivity index is 1.38. The second kappa shape index (κ2) is 6.75. The van der Waals surface area contributed by atoms with Crippen LogP contribution in [-0.2, 0) is 6.54 Å². The summed E-state index contributed by atoms with van der Waals surface area (Å²) in [7, 11) is 2.17. The number of hydrogen-bond donors (Lipinski definition) is 1. The van der Waals surface area contributed by atoms with Gasteiger partial charge >= 0.3 is 0 Å². The first-order valence-electron chi connectivity index (χ1n) is 8.23. The van der Waals surface area contributed by atoms with Crippen molar-refractivity contribution in [1.29, 1.82) is 0 Å². The number of aromatic nitrogens is 2. The first-order chi connectivity index (χ1) is 11.8. The fourth-order valence-electron chi connectivity index (χ4n) is 2.95. The molecule has 0 unspecified atom stereocenters. The van der Waals surface area contributed by atoms with Crippen molar-refractivity contribution in [3.8, 4) is 0 Å². The molecule has 6 heteroatoms. The molecule has 1 N–H and O–H groups in total. The Morgan fingerprint density at radius 2 is 1.96 bits per heavy atom. The minimum atomic E-state index is 0.758. The van der Waals surface area contributed by atoms with Crippen molar-refractivity contribution >= 4 is 33.1 Å². The molecule has 1 aliphatic rings. The number of benzene rings is 1. The average molecular weight is 339 g/mol. The number of piperazine rings is 1. The Labute approximate surface area is 146 Å². The highest BCUT2D eigenvalue weighted by atomic mass is 32.1. The molecule has 3 aromatic rings. The van der Waals surface area contributed by atoms with Crippen molar-refractivity contribution in [1.82, 2.24) is 14.9 Å². The molecular weight excluding hydrogens is 318 g/mol. The predicted molar refractivity (Wildman–Crippen MR) is 101 cm³/mol. The van der Waals surface area contributed by atoms with Crippen LogP contribution in [-0.4, -0.2) is 48.1 Å². The third kappa shape index (κ3) is 3.34. The summed E-state index contributed by atoms with van der Waals surface area (Å²) >= 11 is 1.67. The molecule has 1 saturated heterocycles. The lowest BCUT2D eigenvalue weighted by molar-refractivity contribution is 0.313. The van der Waals surface area contributed by atoms with E-state index in [2.05, 4.69) is 62.5 Å². The quantitative estimate of drug-likeness (QED) is 0.791. The maximum Gasteiger partial charge on any atom is 0.126 e. The van der Waals surface area contributed by atoms with Crippen LogP contribution in [0.5, 0.6) is 0 Å². The van der Waals surface area contributed by atoms with E-state index < -0.39 is 0 Å². The van der Waals surface area contributed by atoms with Crippen molar-refractivity contribution in [3.05, 3.63) is 47.6 Å².